The Hall–Kier alpha value is -6.74. The second-order valence-corrected chi connectivity index (χ2v) is 13.2. The van der Waals surface area contributed by atoms with Gasteiger partial charge in [0.25, 0.3) is 0 Å². The van der Waals surface area contributed by atoms with Crippen molar-refractivity contribution in [2.24, 2.45) is 0 Å². The maximum Gasteiger partial charge on any atom is 0.170 e. The van der Waals surface area contributed by atoms with Gasteiger partial charge < -0.3 is 40.2 Å². The highest BCUT2D eigenvalue weighted by Gasteiger charge is 2.33. The predicted octanol–water partition coefficient (Wildman–Crippen LogP) is 8.89. The molecule has 8 nitrogen and oxygen atoms in total. The second kappa shape index (κ2) is 11.1. The Morgan fingerprint density at radius 1 is 0.538 bits per heavy atom. The first-order valence-corrected chi connectivity index (χ1v) is 16.7. The molecule has 8 aromatic rings. The minimum absolute atomic E-state index is 0.138. The van der Waals surface area contributed by atoms with Crippen molar-refractivity contribution in [2.45, 2.75) is 19.8 Å². The van der Waals surface area contributed by atoms with Gasteiger partial charge in [-0.2, -0.15) is 0 Å². The number of rotatable bonds is 3. The van der Waals surface area contributed by atoms with E-state index in [1.807, 2.05) is 54.6 Å². The van der Waals surface area contributed by atoms with Crippen LogP contribution in [0.3, 0.4) is 0 Å². The molecule has 7 aromatic carbocycles. The third-order valence-electron chi connectivity index (χ3n) is 10.4. The highest BCUT2D eigenvalue weighted by Crippen LogP contribution is 2.59. The number of phenols is 7. The van der Waals surface area contributed by atoms with Gasteiger partial charge in [0.1, 0.15) is 24.8 Å². The van der Waals surface area contributed by atoms with Gasteiger partial charge in [0.2, 0.25) is 0 Å². The molecule has 0 saturated heterocycles. The Balaban J connectivity index is 1.31. The van der Waals surface area contributed by atoms with Crippen molar-refractivity contribution in [2.75, 3.05) is 0 Å². The fraction of sp³-hybridized carbons (Fsp3) is 0.0698. The van der Waals surface area contributed by atoms with Crippen LogP contribution in [0, 0.1) is 6.92 Å². The summed E-state index contributed by atoms with van der Waals surface area (Å²) in [6.07, 6.45) is 5.22. The smallest absolute Gasteiger partial charge is 0.170 e. The van der Waals surface area contributed by atoms with Crippen LogP contribution in [0.2, 0.25) is 0 Å². The van der Waals surface area contributed by atoms with Crippen molar-refractivity contribution in [1.82, 2.24) is 0 Å². The second-order valence-electron chi connectivity index (χ2n) is 13.2. The summed E-state index contributed by atoms with van der Waals surface area (Å²) in [4.78, 5) is 0. The summed E-state index contributed by atoms with van der Waals surface area (Å²) in [6.45, 7) is 1.31. The van der Waals surface area contributed by atoms with Crippen molar-refractivity contribution in [1.29, 1.82) is 0 Å². The van der Waals surface area contributed by atoms with E-state index in [4.69, 9.17) is 12.3 Å². The molecule has 1 aromatic heterocycles. The minimum atomic E-state index is -0.931. The van der Waals surface area contributed by atoms with Crippen LogP contribution in [0.4, 0.5) is 0 Å². The molecule has 0 bridgehead atoms. The summed E-state index contributed by atoms with van der Waals surface area (Å²) < 4.78 is 6.42. The molecule has 252 valence electrons. The largest absolute Gasteiger partial charge is 0.508 e. The number of allylic oxidation sites excluding steroid dienone is 1. The van der Waals surface area contributed by atoms with Crippen molar-refractivity contribution in [3.8, 4) is 73.6 Å². The standard InChI is InChI=1S/C43H29BO8/c1-19-37(45)36(44)33(39(47)38(19)46)35-42(50)40(48)34(41(49)43(35)51)32-26-12-6-4-10-24(26)31(25-11-5-7-13-27(25)32)22-14-15-23-28-16-20-8-2-3-9-21(20)17-30(28)52-29(23)18-22/h2-4,6-10,12-18,45-51H,5,11H2,1H3. The number of hydrogen-bond acceptors (Lipinski definition) is 8. The van der Waals surface area contributed by atoms with E-state index in [0.29, 0.717) is 22.9 Å². The zero-order valence-corrected chi connectivity index (χ0v) is 27.7. The molecule has 2 radical (unpaired) electrons. The van der Waals surface area contributed by atoms with Gasteiger partial charge in [0.15, 0.2) is 34.5 Å². The third kappa shape index (κ3) is 4.22. The molecule has 7 N–H and O–H groups in total. The first-order valence-electron chi connectivity index (χ1n) is 16.7. The summed E-state index contributed by atoms with van der Waals surface area (Å²) in [5.41, 5.74) is 3.21. The quantitative estimate of drug-likeness (QED) is 0.0553. The maximum absolute atomic E-state index is 11.7. The summed E-state index contributed by atoms with van der Waals surface area (Å²) >= 11 is 0. The van der Waals surface area contributed by atoms with Crippen molar-refractivity contribution < 1.29 is 40.2 Å². The predicted molar refractivity (Wildman–Crippen MR) is 204 cm³/mol. The number of benzene rings is 7. The monoisotopic (exact) mass is 684 g/mol. The van der Waals surface area contributed by atoms with E-state index in [1.165, 1.54) is 6.92 Å². The van der Waals surface area contributed by atoms with Crippen LogP contribution in [0.15, 0.2) is 89.4 Å². The molecule has 52 heavy (non-hydrogen) atoms. The molecule has 9 rings (SSSR count). The van der Waals surface area contributed by atoms with Crippen molar-refractivity contribution >= 4 is 62.9 Å². The topological polar surface area (TPSA) is 155 Å². The molecule has 0 aliphatic heterocycles. The van der Waals surface area contributed by atoms with E-state index < -0.39 is 56.8 Å². The summed E-state index contributed by atoms with van der Waals surface area (Å²) in [5, 5.41) is 83.6. The molecular formula is C43H29BO8. The Morgan fingerprint density at radius 3 is 1.81 bits per heavy atom. The molecule has 0 saturated carbocycles. The van der Waals surface area contributed by atoms with E-state index in [1.54, 1.807) is 0 Å². The summed E-state index contributed by atoms with van der Waals surface area (Å²) in [5.74, 6) is -5.70. The molecule has 1 heterocycles. The molecule has 1 aliphatic rings. The average Bonchev–Trinajstić information content (AvgIpc) is 3.52. The van der Waals surface area contributed by atoms with E-state index in [0.717, 1.165) is 61.2 Å². The number of fused-ring (bicyclic) bond motifs is 6. The number of furan rings is 1. The minimum Gasteiger partial charge on any atom is -0.508 e. The highest BCUT2D eigenvalue weighted by molar-refractivity contribution is 6.39. The van der Waals surface area contributed by atoms with Gasteiger partial charge in [-0.3, -0.25) is 0 Å². The van der Waals surface area contributed by atoms with Gasteiger partial charge >= 0.3 is 0 Å². The van der Waals surface area contributed by atoms with Crippen LogP contribution in [0.5, 0.6) is 40.2 Å². The Bertz CT molecular complexity index is 2840. The summed E-state index contributed by atoms with van der Waals surface area (Å²) in [7, 11) is 6.07. The zero-order chi connectivity index (χ0) is 36.2. The Morgan fingerprint density at radius 2 is 1.12 bits per heavy atom. The third-order valence-corrected chi connectivity index (χ3v) is 10.4. The molecule has 0 fully saturated rings. The lowest BCUT2D eigenvalue weighted by Crippen LogP contribution is -2.10. The highest BCUT2D eigenvalue weighted by atomic mass is 16.3. The molecule has 0 atom stereocenters. The van der Waals surface area contributed by atoms with Crippen molar-refractivity contribution in [3.63, 3.8) is 0 Å². The van der Waals surface area contributed by atoms with Gasteiger partial charge in [0, 0.05) is 27.5 Å². The van der Waals surface area contributed by atoms with Gasteiger partial charge in [-0.05, 0) is 93.3 Å². The van der Waals surface area contributed by atoms with Crippen LogP contribution in [-0.2, 0) is 6.42 Å². The van der Waals surface area contributed by atoms with Crippen LogP contribution >= 0.6 is 0 Å². The lowest BCUT2D eigenvalue weighted by molar-refractivity contribution is 0.375. The first-order chi connectivity index (χ1) is 25.1. The zero-order valence-electron chi connectivity index (χ0n) is 27.7. The van der Waals surface area contributed by atoms with Crippen LogP contribution in [-0.4, -0.2) is 43.6 Å². The SMILES string of the molecule is [B]c1c(O)c(C)c(O)c(O)c1-c1c(O)c(O)c(-c2c3c(c(-c4ccc5c(c4)oc4cc6ccccc6cc45)c4ccccc24)CCC=C3)c(O)c1O. The van der Waals surface area contributed by atoms with Gasteiger partial charge in [-0.1, -0.05) is 66.7 Å². The lowest BCUT2D eigenvalue weighted by Gasteiger charge is -2.25. The van der Waals surface area contributed by atoms with Gasteiger partial charge in [0.05, 0.1) is 11.1 Å². The van der Waals surface area contributed by atoms with E-state index >= 15 is 0 Å². The maximum atomic E-state index is 11.7. The van der Waals surface area contributed by atoms with Gasteiger partial charge in [-0.15, -0.1) is 0 Å². The van der Waals surface area contributed by atoms with Crippen LogP contribution < -0.4 is 5.46 Å². The molecule has 1 aliphatic carbocycles. The van der Waals surface area contributed by atoms with Crippen LogP contribution in [0.25, 0.3) is 82.9 Å². The summed E-state index contributed by atoms with van der Waals surface area (Å²) in [6, 6.07) is 26.0. The average molecular weight is 685 g/mol. The molecule has 0 spiro atoms. The number of phenolic OH excluding ortho intramolecular Hbond substituents is 7. The fourth-order valence-corrected chi connectivity index (χ4v) is 7.88. The van der Waals surface area contributed by atoms with E-state index in [9.17, 15) is 35.7 Å². The molecular weight excluding hydrogens is 655 g/mol. The van der Waals surface area contributed by atoms with Crippen LogP contribution in [0.1, 0.15) is 23.1 Å². The fourth-order valence-electron chi connectivity index (χ4n) is 7.88. The first kappa shape index (κ1) is 31.3. The Labute approximate surface area is 297 Å². The molecule has 9 heteroatoms. The van der Waals surface area contributed by atoms with Crippen molar-refractivity contribution in [3.05, 3.63) is 102 Å². The van der Waals surface area contributed by atoms with E-state index in [2.05, 4.69) is 36.4 Å². The number of aromatic hydroxyl groups is 7. The lowest BCUT2D eigenvalue weighted by atomic mass is 9.78. The Kier molecular flexibility index (Phi) is 6.69. The normalized spacial score (nSPS) is 12.7. The van der Waals surface area contributed by atoms with Gasteiger partial charge in [-0.25, -0.2) is 0 Å². The van der Waals surface area contributed by atoms with E-state index in [-0.39, 0.29) is 11.1 Å². The number of hydrogen-bond donors (Lipinski definition) is 7. The molecule has 0 amide bonds. The molecule has 0 unspecified atom stereocenters.